The van der Waals surface area contributed by atoms with Gasteiger partial charge in [-0.15, -0.1) is 0 Å². The van der Waals surface area contributed by atoms with E-state index < -0.39 is 17.8 Å². The Hall–Kier alpha value is -1.53. The van der Waals surface area contributed by atoms with E-state index in [2.05, 4.69) is 4.98 Å². The van der Waals surface area contributed by atoms with Gasteiger partial charge in [-0.2, -0.15) is 4.39 Å². The average molecular weight is 268 g/mol. The van der Waals surface area contributed by atoms with E-state index >= 15 is 0 Å². The van der Waals surface area contributed by atoms with E-state index in [1.165, 1.54) is 12.3 Å². The Kier molecular flexibility index (Phi) is 4.44. The average Bonchev–Trinajstić information content (AvgIpc) is 2.80. The summed E-state index contributed by atoms with van der Waals surface area (Å²) >= 11 is 0. The number of halogens is 1. The largest absolute Gasteiger partial charge is 0.481 e. The zero-order chi connectivity index (χ0) is 13.8. The number of aromatic nitrogens is 1. The zero-order valence-electron chi connectivity index (χ0n) is 10.8. The van der Waals surface area contributed by atoms with Gasteiger partial charge < -0.3 is 9.84 Å². The molecule has 104 valence electrons. The SMILES string of the molecule is COCCN1CC(C(=O)O)[C@H](c2ccnc(F)c2)C1. The Morgan fingerprint density at radius 1 is 1.63 bits per heavy atom. The normalized spacial score (nSPS) is 23.7. The van der Waals surface area contributed by atoms with Gasteiger partial charge in [-0.3, -0.25) is 9.69 Å². The lowest BCUT2D eigenvalue weighted by Gasteiger charge is -2.15. The molecule has 2 rings (SSSR count). The second-order valence-electron chi connectivity index (χ2n) is 4.72. The van der Waals surface area contributed by atoms with Crippen molar-refractivity contribution < 1.29 is 19.0 Å². The monoisotopic (exact) mass is 268 g/mol. The molecule has 0 aliphatic carbocycles. The van der Waals surface area contributed by atoms with E-state index in [0.29, 0.717) is 31.8 Å². The van der Waals surface area contributed by atoms with Gasteiger partial charge in [-0.1, -0.05) is 0 Å². The van der Waals surface area contributed by atoms with Gasteiger partial charge in [0.05, 0.1) is 12.5 Å². The van der Waals surface area contributed by atoms with Crippen LogP contribution in [0.5, 0.6) is 0 Å². The summed E-state index contributed by atoms with van der Waals surface area (Å²) in [5, 5.41) is 9.29. The summed E-state index contributed by atoms with van der Waals surface area (Å²) in [6, 6.07) is 3.00. The lowest BCUT2D eigenvalue weighted by molar-refractivity contribution is -0.141. The number of carboxylic acid groups (broad SMARTS) is 1. The number of likely N-dealkylation sites (tertiary alicyclic amines) is 1. The van der Waals surface area contributed by atoms with Crippen LogP contribution < -0.4 is 0 Å². The number of aliphatic carboxylic acids is 1. The molecule has 6 heteroatoms. The molecule has 0 aromatic carbocycles. The molecule has 1 aromatic rings. The van der Waals surface area contributed by atoms with Crippen LogP contribution in [-0.4, -0.2) is 54.3 Å². The Morgan fingerprint density at radius 3 is 3.05 bits per heavy atom. The minimum atomic E-state index is -0.845. The molecule has 2 heterocycles. The second kappa shape index (κ2) is 6.08. The van der Waals surface area contributed by atoms with Crippen molar-refractivity contribution in [3.8, 4) is 0 Å². The van der Waals surface area contributed by atoms with Crippen LogP contribution in [0.3, 0.4) is 0 Å². The summed E-state index contributed by atoms with van der Waals surface area (Å²) in [6.07, 6.45) is 1.38. The third kappa shape index (κ3) is 3.27. The van der Waals surface area contributed by atoms with Crippen LogP contribution in [0.1, 0.15) is 11.5 Å². The summed E-state index contributed by atoms with van der Waals surface area (Å²) in [7, 11) is 1.61. The molecule has 0 amide bonds. The topological polar surface area (TPSA) is 62.7 Å². The highest BCUT2D eigenvalue weighted by Gasteiger charge is 2.38. The van der Waals surface area contributed by atoms with Gasteiger partial charge in [-0.05, 0) is 17.7 Å². The fourth-order valence-corrected chi connectivity index (χ4v) is 2.52. The predicted octanol–water partition coefficient (Wildman–Crippen LogP) is 0.967. The van der Waals surface area contributed by atoms with Crippen molar-refractivity contribution in [3.63, 3.8) is 0 Å². The Morgan fingerprint density at radius 2 is 2.42 bits per heavy atom. The molecule has 1 N–H and O–H groups in total. The number of hydrogen-bond acceptors (Lipinski definition) is 4. The van der Waals surface area contributed by atoms with Gasteiger partial charge in [0.25, 0.3) is 0 Å². The summed E-state index contributed by atoms with van der Waals surface area (Å²) in [5.41, 5.74) is 0.694. The minimum Gasteiger partial charge on any atom is -0.481 e. The molecule has 0 saturated carbocycles. The van der Waals surface area contributed by atoms with E-state index in [0.717, 1.165) is 0 Å². The van der Waals surface area contributed by atoms with Crippen LogP contribution >= 0.6 is 0 Å². The molecular weight excluding hydrogens is 251 g/mol. The maximum Gasteiger partial charge on any atom is 0.308 e. The highest BCUT2D eigenvalue weighted by atomic mass is 19.1. The van der Waals surface area contributed by atoms with E-state index in [1.54, 1.807) is 13.2 Å². The van der Waals surface area contributed by atoms with Crippen molar-refractivity contribution in [2.45, 2.75) is 5.92 Å². The molecule has 1 fully saturated rings. The van der Waals surface area contributed by atoms with Gasteiger partial charge in [0, 0.05) is 38.9 Å². The summed E-state index contributed by atoms with van der Waals surface area (Å²) in [6.45, 7) is 2.31. The van der Waals surface area contributed by atoms with Gasteiger partial charge in [0.1, 0.15) is 0 Å². The number of methoxy groups -OCH3 is 1. The quantitative estimate of drug-likeness (QED) is 0.806. The van der Waals surface area contributed by atoms with E-state index in [9.17, 15) is 14.3 Å². The van der Waals surface area contributed by atoms with Crippen molar-refractivity contribution in [1.29, 1.82) is 0 Å². The fraction of sp³-hybridized carbons (Fsp3) is 0.538. The smallest absolute Gasteiger partial charge is 0.308 e. The molecule has 5 nitrogen and oxygen atoms in total. The third-order valence-corrected chi connectivity index (χ3v) is 3.50. The third-order valence-electron chi connectivity index (χ3n) is 3.50. The van der Waals surface area contributed by atoms with Crippen LogP contribution in [-0.2, 0) is 9.53 Å². The lowest BCUT2D eigenvalue weighted by atomic mass is 9.90. The first-order valence-corrected chi connectivity index (χ1v) is 6.17. The second-order valence-corrected chi connectivity index (χ2v) is 4.72. The maximum absolute atomic E-state index is 13.2. The molecule has 2 atom stereocenters. The summed E-state index contributed by atoms with van der Waals surface area (Å²) < 4.78 is 18.2. The van der Waals surface area contributed by atoms with Crippen LogP contribution in [0.2, 0.25) is 0 Å². The Bertz CT molecular complexity index is 455. The minimum absolute atomic E-state index is 0.202. The number of hydrogen-bond donors (Lipinski definition) is 1. The number of carboxylic acids is 1. The van der Waals surface area contributed by atoms with Gasteiger partial charge in [0.15, 0.2) is 0 Å². The van der Waals surface area contributed by atoms with E-state index in [4.69, 9.17) is 4.74 Å². The summed E-state index contributed by atoms with van der Waals surface area (Å²) in [4.78, 5) is 16.9. The van der Waals surface area contributed by atoms with Crippen molar-refractivity contribution in [1.82, 2.24) is 9.88 Å². The predicted molar refractivity (Wildman–Crippen MR) is 66.4 cm³/mol. The number of nitrogens with zero attached hydrogens (tertiary/aromatic N) is 2. The molecule has 1 aliphatic rings. The standard InChI is InChI=1S/C13H17FN2O3/c1-19-5-4-16-7-10(11(8-16)13(17)18)9-2-3-15-12(14)6-9/h2-3,6,10-11H,4-5,7-8H2,1H3,(H,17,18)/t10-,11?/m0/s1. The number of rotatable bonds is 5. The van der Waals surface area contributed by atoms with Crippen molar-refractivity contribution in [2.24, 2.45) is 5.92 Å². The zero-order valence-corrected chi connectivity index (χ0v) is 10.8. The first kappa shape index (κ1) is 13.9. The molecule has 0 spiro atoms. The molecule has 1 unspecified atom stereocenters. The molecule has 1 saturated heterocycles. The number of ether oxygens (including phenoxy) is 1. The van der Waals surface area contributed by atoms with E-state index in [-0.39, 0.29) is 5.92 Å². The first-order valence-electron chi connectivity index (χ1n) is 6.17. The van der Waals surface area contributed by atoms with Crippen LogP contribution in [0.15, 0.2) is 18.3 Å². The molecule has 19 heavy (non-hydrogen) atoms. The highest BCUT2D eigenvalue weighted by Crippen LogP contribution is 2.32. The maximum atomic E-state index is 13.2. The highest BCUT2D eigenvalue weighted by molar-refractivity contribution is 5.72. The van der Waals surface area contributed by atoms with Crippen molar-refractivity contribution >= 4 is 5.97 Å². The Balaban J connectivity index is 2.15. The van der Waals surface area contributed by atoms with Crippen molar-refractivity contribution in [3.05, 3.63) is 29.8 Å². The number of pyridine rings is 1. The van der Waals surface area contributed by atoms with Gasteiger partial charge >= 0.3 is 5.97 Å². The van der Waals surface area contributed by atoms with Crippen LogP contribution in [0, 0.1) is 11.9 Å². The van der Waals surface area contributed by atoms with Gasteiger partial charge in [-0.25, -0.2) is 4.98 Å². The number of carbonyl (C=O) groups is 1. The van der Waals surface area contributed by atoms with Crippen LogP contribution in [0.4, 0.5) is 4.39 Å². The van der Waals surface area contributed by atoms with E-state index in [1.807, 2.05) is 4.90 Å². The van der Waals surface area contributed by atoms with Crippen LogP contribution in [0.25, 0.3) is 0 Å². The first-order chi connectivity index (χ1) is 9.11. The molecular formula is C13H17FN2O3. The summed E-state index contributed by atoms with van der Waals surface area (Å²) in [5.74, 6) is -2.13. The van der Waals surface area contributed by atoms with Crippen molar-refractivity contribution in [2.75, 3.05) is 33.4 Å². The molecule has 0 bridgehead atoms. The lowest BCUT2D eigenvalue weighted by Crippen LogP contribution is -2.26. The molecule has 1 aliphatic heterocycles. The van der Waals surface area contributed by atoms with Gasteiger partial charge in [0.2, 0.25) is 5.95 Å². The fourth-order valence-electron chi connectivity index (χ4n) is 2.52. The molecule has 1 aromatic heterocycles. The molecule has 0 radical (unpaired) electrons. The Labute approximate surface area is 111 Å².